The molecule has 7 nitrogen and oxygen atoms in total. The number of nitrogens with zero attached hydrogens (tertiary/aromatic N) is 1. The molecule has 7 heteroatoms. The molecule has 0 fully saturated rings. The summed E-state index contributed by atoms with van der Waals surface area (Å²) in [4.78, 5) is 35.8. The highest BCUT2D eigenvalue weighted by molar-refractivity contribution is 6.01. The van der Waals surface area contributed by atoms with E-state index in [-0.39, 0.29) is 25.3 Å². The van der Waals surface area contributed by atoms with E-state index in [9.17, 15) is 14.5 Å². The Morgan fingerprint density at radius 1 is 1.15 bits per heavy atom. The molecule has 0 unspecified atom stereocenters. The molecule has 0 saturated carbocycles. The van der Waals surface area contributed by atoms with E-state index < -0.39 is 17.4 Å². The molecular formula is C13H16NO6+. The fraction of sp³-hybridized carbons (Fsp3) is 0.538. The van der Waals surface area contributed by atoms with Crippen LogP contribution in [-0.4, -0.2) is 44.6 Å². The van der Waals surface area contributed by atoms with Gasteiger partial charge in [-0.15, -0.1) is 0 Å². The zero-order valence-electron chi connectivity index (χ0n) is 11.6. The summed E-state index contributed by atoms with van der Waals surface area (Å²) in [5, 5.41) is 0. The number of carbonyl (C=O) groups excluding carboxylic acids is 2. The van der Waals surface area contributed by atoms with Gasteiger partial charge >= 0.3 is 17.8 Å². The molecule has 0 saturated heterocycles. The summed E-state index contributed by atoms with van der Waals surface area (Å²) >= 11 is 0. The van der Waals surface area contributed by atoms with Crippen LogP contribution < -0.4 is 0 Å². The van der Waals surface area contributed by atoms with Crippen molar-refractivity contribution in [1.29, 1.82) is 0 Å². The smallest absolute Gasteiger partial charge is 0.416 e. The van der Waals surface area contributed by atoms with Gasteiger partial charge in [-0.05, 0) is 5.57 Å². The summed E-state index contributed by atoms with van der Waals surface area (Å²) in [6, 6.07) is 0. The molecule has 0 aromatic carbocycles. The first-order valence-electron chi connectivity index (χ1n) is 6.06. The zero-order chi connectivity index (χ0) is 14.9. The van der Waals surface area contributed by atoms with E-state index >= 15 is 0 Å². The van der Waals surface area contributed by atoms with Gasteiger partial charge in [-0.25, -0.2) is 0 Å². The first kappa shape index (κ1) is 14.2. The minimum Gasteiger partial charge on any atom is -0.468 e. The van der Waals surface area contributed by atoms with Gasteiger partial charge in [-0.2, -0.15) is 0 Å². The molecule has 2 aliphatic rings. The second kappa shape index (κ2) is 5.07. The van der Waals surface area contributed by atoms with E-state index in [0.717, 1.165) is 11.1 Å². The monoisotopic (exact) mass is 282 g/mol. The molecule has 2 rings (SSSR count). The van der Waals surface area contributed by atoms with E-state index in [1.54, 1.807) is 6.08 Å². The van der Waals surface area contributed by atoms with Gasteiger partial charge in [-0.3, -0.25) is 9.59 Å². The quantitative estimate of drug-likeness (QED) is 0.430. The summed E-state index contributed by atoms with van der Waals surface area (Å²) in [6.07, 6.45) is 1.84. The Kier molecular flexibility index (Phi) is 3.61. The zero-order valence-corrected chi connectivity index (χ0v) is 11.6. The predicted molar refractivity (Wildman–Crippen MR) is 66.3 cm³/mol. The SMILES string of the molecule is COC(=O)C1(C(=O)OC)CC2=C(C[N+](=O)C(OC)=C2)C1. The molecule has 0 bridgehead atoms. The van der Waals surface area contributed by atoms with Gasteiger partial charge in [0.15, 0.2) is 5.41 Å². The van der Waals surface area contributed by atoms with Crippen LogP contribution in [0.25, 0.3) is 0 Å². The van der Waals surface area contributed by atoms with Crippen molar-refractivity contribution in [1.82, 2.24) is 0 Å². The van der Waals surface area contributed by atoms with Crippen LogP contribution in [0.2, 0.25) is 0 Å². The topological polar surface area (TPSA) is 81.9 Å². The third-order valence-corrected chi connectivity index (χ3v) is 3.70. The molecule has 108 valence electrons. The van der Waals surface area contributed by atoms with Gasteiger partial charge in [-0.1, -0.05) is 0 Å². The van der Waals surface area contributed by atoms with Crippen molar-refractivity contribution >= 4 is 11.9 Å². The van der Waals surface area contributed by atoms with Gasteiger partial charge < -0.3 is 14.2 Å². The Morgan fingerprint density at radius 3 is 2.25 bits per heavy atom. The summed E-state index contributed by atoms with van der Waals surface area (Å²) in [7, 11) is 3.84. The van der Waals surface area contributed by atoms with Crippen LogP contribution in [-0.2, 0) is 23.8 Å². The molecule has 0 spiro atoms. The molecule has 1 aliphatic heterocycles. The predicted octanol–water partition coefficient (Wildman–Crippen LogP) is 0.689. The average Bonchev–Trinajstić information content (AvgIpc) is 2.83. The Labute approximate surface area is 115 Å². The number of rotatable bonds is 3. The lowest BCUT2D eigenvalue weighted by Crippen LogP contribution is -2.39. The number of hydrogen-bond donors (Lipinski definition) is 0. The molecule has 1 heterocycles. The Bertz CT molecular complexity index is 529. The lowest BCUT2D eigenvalue weighted by atomic mass is 9.83. The van der Waals surface area contributed by atoms with Crippen molar-refractivity contribution in [2.75, 3.05) is 27.9 Å². The Balaban J connectivity index is 2.37. The highest BCUT2D eigenvalue weighted by atomic mass is 16.5. The lowest BCUT2D eigenvalue weighted by Gasteiger charge is -2.22. The highest BCUT2D eigenvalue weighted by Gasteiger charge is 2.55. The van der Waals surface area contributed by atoms with E-state index in [1.807, 2.05) is 0 Å². The molecular weight excluding hydrogens is 266 g/mol. The van der Waals surface area contributed by atoms with E-state index in [2.05, 4.69) is 0 Å². The lowest BCUT2D eigenvalue weighted by molar-refractivity contribution is -0.523. The summed E-state index contributed by atoms with van der Waals surface area (Å²) in [5.41, 5.74) is 0.0932. The van der Waals surface area contributed by atoms with Crippen LogP contribution >= 0.6 is 0 Å². The first-order valence-corrected chi connectivity index (χ1v) is 6.06. The first-order chi connectivity index (χ1) is 9.48. The summed E-state index contributed by atoms with van der Waals surface area (Å²) in [6.45, 7) is 0.0742. The summed E-state index contributed by atoms with van der Waals surface area (Å²) < 4.78 is 15.1. The second-order valence-electron chi connectivity index (χ2n) is 4.77. The van der Waals surface area contributed by atoms with Crippen molar-refractivity contribution in [3.05, 3.63) is 28.0 Å². The summed E-state index contributed by atoms with van der Waals surface area (Å²) in [5.74, 6) is -1.14. The largest absolute Gasteiger partial charge is 0.468 e. The van der Waals surface area contributed by atoms with E-state index in [1.165, 1.54) is 21.3 Å². The van der Waals surface area contributed by atoms with E-state index in [4.69, 9.17) is 14.2 Å². The van der Waals surface area contributed by atoms with Gasteiger partial charge in [0.05, 0.1) is 32.2 Å². The van der Waals surface area contributed by atoms with Gasteiger partial charge in [0.2, 0.25) is 6.54 Å². The minimum absolute atomic E-state index is 0.0742. The third kappa shape index (κ3) is 1.99. The maximum atomic E-state index is 12.0. The van der Waals surface area contributed by atoms with Crippen LogP contribution in [0, 0.1) is 10.3 Å². The number of nitroso groups, excluding NO2 is 1. The van der Waals surface area contributed by atoms with Crippen LogP contribution in [0.3, 0.4) is 0 Å². The molecule has 0 atom stereocenters. The molecule has 0 aromatic rings. The van der Waals surface area contributed by atoms with Crippen molar-refractivity contribution in [2.24, 2.45) is 5.41 Å². The molecule has 0 radical (unpaired) electrons. The number of carbonyl (C=O) groups is 2. The minimum atomic E-state index is -1.39. The fourth-order valence-corrected chi connectivity index (χ4v) is 2.70. The fourth-order valence-electron chi connectivity index (χ4n) is 2.70. The molecule has 20 heavy (non-hydrogen) atoms. The van der Waals surface area contributed by atoms with Crippen LogP contribution in [0.1, 0.15) is 12.8 Å². The third-order valence-electron chi connectivity index (χ3n) is 3.70. The number of esters is 2. The normalized spacial score (nSPS) is 20.1. The maximum Gasteiger partial charge on any atom is 0.416 e. The van der Waals surface area contributed by atoms with Crippen LogP contribution in [0.4, 0.5) is 0 Å². The van der Waals surface area contributed by atoms with Gasteiger partial charge in [0.1, 0.15) is 0 Å². The number of ether oxygens (including phenoxy) is 3. The second-order valence-corrected chi connectivity index (χ2v) is 4.77. The Hall–Kier alpha value is -2.18. The number of methoxy groups -OCH3 is 3. The number of allylic oxidation sites excluding steroid dienone is 2. The van der Waals surface area contributed by atoms with Crippen molar-refractivity contribution in [3.63, 3.8) is 0 Å². The van der Waals surface area contributed by atoms with E-state index in [0.29, 0.717) is 4.76 Å². The van der Waals surface area contributed by atoms with Crippen molar-refractivity contribution < 1.29 is 28.6 Å². The molecule has 0 amide bonds. The van der Waals surface area contributed by atoms with Gasteiger partial charge in [0, 0.05) is 23.3 Å². The maximum absolute atomic E-state index is 12.0. The van der Waals surface area contributed by atoms with Crippen LogP contribution in [0.15, 0.2) is 23.1 Å². The number of hydrogen-bond acceptors (Lipinski definition) is 6. The average molecular weight is 282 g/mol. The van der Waals surface area contributed by atoms with Crippen molar-refractivity contribution in [2.45, 2.75) is 12.8 Å². The highest BCUT2D eigenvalue weighted by Crippen LogP contribution is 2.46. The van der Waals surface area contributed by atoms with Gasteiger partial charge in [0.25, 0.3) is 0 Å². The van der Waals surface area contributed by atoms with Crippen LogP contribution in [0.5, 0.6) is 0 Å². The standard InChI is InChI=1S/C13H16NO6/c1-18-10-4-8-5-13(11(15)19-2,12(16)20-3)6-9(8)7-14(10)17/h4H,5-7H2,1-3H3/q+1. The molecule has 1 aliphatic carbocycles. The molecule has 0 N–H and O–H groups in total. The Morgan fingerprint density at radius 2 is 1.75 bits per heavy atom. The molecule has 0 aromatic heterocycles. The van der Waals surface area contributed by atoms with Crippen molar-refractivity contribution in [3.8, 4) is 0 Å².